The molecular formula is C19H20N4O3. The van der Waals surface area contributed by atoms with Crippen molar-refractivity contribution in [3.63, 3.8) is 0 Å². The summed E-state index contributed by atoms with van der Waals surface area (Å²) in [7, 11) is 0. The van der Waals surface area contributed by atoms with Crippen LogP contribution in [0.2, 0.25) is 0 Å². The third kappa shape index (κ3) is 5.53. The Morgan fingerprint density at radius 2 is 1.77 bits per heavy atom. The molecule has 0 saturated heterocycles. The number of hydrogen-bond donors (Lipinski definition) is 3. The molecule has 0 aliphatic heterocycles. The van der Waals surface area contributed by atoms with Crippen LogP contribution in [0.4, 0.5) is 16.2 Å². The van der Waals surface area contributed by atoms with Gasteiger partial charge in [-0.15, -0.1) is 0 Å². The summed E-state index contributed by atoms with van der Waals surface area (Å²) in [5.41, 5.74) is 1.62. The minimum absolute atomic E-state index is 0.312. The second-order valence-electron chi connectivity index (χ2n) is 5.45. The Labute approximate surface area is 152 Å². The summed E-state index contributed by atoms with van der Waals surface area (Å²) >= 11 is 0. The summed E-state index contributed by atoms with van der Waals surface area (Å²) in [6.07, 6.45) is -0.733. The van der Waals surface area contributed by atoms with Gasteiger partial charge in [-0.1, -0.05) is 6.07 Å². The second kappa shape index (κ2) is 9.08. The average molecular weight is 352 g/mol. The molecule has 0 spiro atoms. The Morgan fingerprint density at radius 3 is 2.38 bits per heavy atom. The number of urea groups is 1. The molecule has 0 bridgehead atoms. The topological polar surface area (TPSA) is 103 Å². The lowest BCUT2D eigenvalue weighted by atomic mass is 10.2. The molecule has 3 N–H and O–H groups in total. The van der Waals surface area contributed by atoms with Gasteiger partial charge in [-0.2, -0.15) is 5.26 Å². The number of benzene rings is 2. The maximum atomic E-state index is 12.3. The fourth-order valence-corrected chi connectivity index (χ4v) is 2.12. The Bertz CT molecular complexity index is 812. The van der Waals surface area contributed by atoms with Crippen LogP contribution in [0.1, 0.15) is 19.4 Å². The van der Waals surface area contributed by atoms with Crippen LogP contribution in [0, 0.1) is 11.3 Å². The van der Waals surface area contributed by atoms with Crippen molar-refractivity contribution in [3.05, 3.63) is 54.1 Å². The van der Waals surface area contributed by atoms with Gasteiger partial charge < -0.3 is 20.7 Å². The molecule has 0 radical (unpaired) electrons. The van der Waals surface area contributed by atoms with Gasteiger partial charge in [0.05, 0.1) is 11.6 Å². The number of hydrogen-bond acceptors (Lipinski definition) is 4. The molecule has 26 heavy (non-hydrogen) atoms. The molecule has 0 aliphatic rings. The van der Waals surface area contributed by atoms with E-state index < -0.39 is 6.10 Å². The lowest BCUT2D eigenvalue weighted by Crippen LogP contribution is -2.30. The number of carbonyl (C=O) groups excluding carboxylic acids is 2. The molecule has 7 heteroatoms. The van der Waals surface area contributed by atoms with Gasteiger partial charge in [0, 0.05) is 17.9 Å². The van der Waals surface area contributed by atoms with E-state index in [2.05, 4.69) is 16.0 Å². The minimum atomic E-state index is -0.733. The molecule has 3 amide bonds. The zero-order valence-electron chi connectivity index (χ0n) is 14.6. The van der Waals surface area contributed by atoms with Crippen molar-refractivity contribution in [2.75, 3.05) is 17.2 Å². The number of nitrogens with one attached hydrogen (secondary N) is 3. The van der Waals surface area contributed by atoms with Crippen molar-refractivity contribution in [2.45, 2.75) is 20.0 Å². The van der Waals surface area contributed by atoms with E-state index in [0.717, 1.165) is 0 Å². The fourth-order valence-electron chi connectivity index (χ4n) is 2.12. The second-order valence-corrected chi connectivity index (χ2v) is 5.45. The number of rotatable bonds is 6. The summed E-state index contributed by atoms with van der Waals surface area (Å²) in [5, 5.41) is 16.8. The first-order chi connectivity index (χ1) is 12.5. The van der Waals surface area contributed by atoms with E-state index in [9.17, 15) is 9.59 Å². The molecule has 2 rings (SSSR count). The highest BCUT2D eigenvalue weighted by atomic mass is 16.5. The predicted molar refractivity (Wildman–Crippen MR) is 99.0 cm³/mol. The van der Waals surface area contributed by atoms with Crippen molar-refractivity contribution >= 4 is 23.3 Å². The quantitative estimate of drug-likeness (QED) is 0.743. The fraction of sp³-hybridized carbons (Fsp3) is 0.211. The van der Waals surface area contributed by atoms with Crippen molar-refractivity contribution < 1.29 is 14.3 Å². The van der Waals surface area contributed by atoms with Gasteiger partial charge in [0.15, 0.2) is 6.10 Å². The van der Waals surface area contributed by atoms with Gasteiger partial charge in [-0.25, -0.2) is 4.79 Å². The van der Waals surface area contributed by atoms with Crippen LogP contribution in [0.5, 0.6) is 5.75 Å². The van der Waals surface area contributed by atoms with Gasteiger partial charge in [-0.3, -0.25) is 4.79 Å². The van der Waals surface area contributed by atoms with Crippen LogP contribution in [-0.2, 0) is 4.79 Å². The number of nitrogens with zero attached hydrogens (tertiary/aromatic N) is 1. The first kappa shape index (κ1) is 18.8. The Morgan fingerprint density at radius 1 is 1.12 bits per heavy atom. The lowest BCUT2D eigenvalue weighted by Gasteiger charge is -2.15. The van der Waals surface area contributed by atoms with Gasteiger partial charge in [0.2, 0.25) is 0 Å². The van der Waals surface area contributed by atoms with Crippen molar-refractivity contribution in [3.8, 4) is 11.8 Å². The van der Waals surface area contributed by atoms with Crippen LogP contribution in [0.3, 0.4) is 0 Å². The molecule has 0 aromatic heterocycles. The average Bonchev–Trinajstić information content (AvgIpc) is 2.62. The summed E-state index contributed by atoms with van der Waals surface area (Å²) in [4.78, 5) is 23.8. The van der Waals surface area contributed by atoms with E-state index in [1.807, 2.05) is 13.0 Å². The van der Waals surface area contributed by atoms with Crippen LogP contribution < -0.4 is 20.7 Å². The van der Waals surface area contributed by atoms with Gasteiger partial charge in [-0.05, 0) is 56.3 Å². The van der Waals surface area contributed by atoms with E-state index in [4.69, 9.17) is 10.00 Å². The first-order valence-electron chi connectivity index (χ1n) is 8.14. The van der Waals surface area contributed by atoms with E-state index in [0.29, 0.717) is 29.2 Å². The van der Waals surface area contributed by atoms with Crippen molar-refractivity contribution in [2.24, 2.45) is 0 Å². The third-order valence-electron chi connectivity index (χ3n) is 3.39. The van der Waals surface area contributed by atoms with Gasteiger partial charge in [0.25, 0.3) is 5.91 Å². The summed E-state index contributed by atoms with van der Waals surface area (Å²) < 4.78 is 5.57. The molecule has 7 nitrogen and oxygen atoms in total. The molecule has 2 aromatic rings. The molecule has 0 fully saturated rings. The highest BCUT2D eigenvalue weighted by molar-refractivity contribution is 5.95. The van der Waals surface area contributed by atoms with Gasteiger partial charge in [0.1, 0.15) is 5.75 Å². The Balaban J connectivity index is 1.95. The van der Waals surface area contributed by atoms with E-state index in [1.54, 1.807) is 55.5 Å². The van der Waals surface area contributed by atoms with Crippen LogP contribution in [0.25, 0.3) is 0 Å². The Kier molecular flexibility index (Phi) is 6.57. The number of ether oxygens (including phenoxy) is 1. The van der Waals surface area contributed by atoms with Crippen LogP contribution in [-0.4, -0.2) is 24.6 Å². The SMILES string of the molecule is CCNC(=O)Nc1cccc(NC(=O)C(C)Oc2ccc(C#N)cc2)c1. The van der Waals surface area contributed by atoms with E-state index in [-0.39, 0.29) is 11.9 Å². The molecule has 2 aromatic carbocycles. The number of nitriles is 1. The normalized spacial score (nSPS) is 11.0. The molecule has 0 heterocycles. The standard InChI is InChI=1S/C19H20N4O3/c1-3-21-19(25)23-16-6-4-5-15(11-16)22-18(24)13(2)26-17-9-7-14(12-20)8-10-17/h4-11,13H,3H2,1-2H3,(H,22,24)(H2,21,23,25). The molecule has 0 aliphatic carbocycles. The zero-order valence-corrected chi connectivity index (χ0v) is 14.6. The number of carbonyl (C=O) groups is 2. The van der Waals surface area contributed by atoms with Gasteiger partial charge >= 0.3 is 6.03 Å². The monoisotopic (exact) mass is 352 g/mol. The van der Waals surface area contributed by atoms with Crippen molar-refractivity contribution in [1.29, 1.82) is 5.26 Å². The third-order valence-corrected chi connectivity index (χ3v) is 3.39. The summed E-state index contributed by atoms with van der Waals surface area (Å²) in [6.45, 7) is 3.97. The number of anilines is 2. The number of amides is 3. The molecule has 1 unspecified atom stereocenters. The van der Waals surface area contributed by atoms with Crippen LogP contribution >= 0.6 is 0 Å². The molecule has 0 saturated carbocycles. The maximum Gasteiger partial charge on any atom is 0.319 e. The van der Waals surface area contributed by atoms with E-state index >= 15 is 0 Å². The zero-order chi connectivity index (χ0) is 18.9. The first-order valence-corrected chi connectivity index (χ1v) is 8.14. The highest BCUT2D eigenvalue weighted by Gasteiger charge is 2.15. The predicted octanol–water partition coefficient (Wildman–Crippen LogP) is 3.11. The highest BCUT2D eigenvalue weighted by Crippen LogP contribution is 2.17. The lowest BCUT2D eigenvalue weighted by molar-refractivity contribution is -0.122. The summed E-state index contributed by atoms with van der Waals surface area (Å²) in [6, 6.07) is 15.0. The molecule has 1 atom stereocenters. The smallest absolute Gasteiger partial charge is 0.319 e. The molecule has 134 valence electrons. The van der Waals surface area contributed by atoms with Crippen molar-refractivity contribution in [1.82, 2.24) is 5.32 Å². The van der Waals surface area contributed by atoms with Crippen LogP contribution in [0.15, 0.2) is 48.5 Å². The van der Waals surface area contributed by atoms with E-state index in [1.165, 1.54) is 0 Å². The largest absolute Gasteiger partial charge is 0.481 e. The Hall–Kier alpha value is -3.53. The minimum Gasteiger partial charge on any atom is -0.481 e. The summed E-state index contributed by atoms with van der Waals surface area (Å²) in [5.74, 6) is 0.169. The maximum absolute atomic E-state index is 12.3. The molecular weight excluding hydrogens is 332 g/mol.